The first kappa shape index (κ1) is 13.3. The molecule has 0 unspecified atom stereocenters. The number of hydrogen-bond donors (Lipinski definition) is 1. The molecule has 0 aliphatic carbocycles. The summed E-state index contributed by atoms with van der Waals surface area (Å²) >= 11 is 0.637. The molecule has 7 heteroatoms. The summed E-state index contributed by atoms with van der Waals surface area (Å²) in [7, 11) is 0. The second-order valence-corrected chi connectivity index (χ2v) is 4.71. The summed E-state index contributed by atoms with van der Waals surface area (Å²) in [6.07, 6.45) is 1.36. The van der Waals surface area contributed by atoms with Crippen LogP contribution in [0, 0.1) is 5.82 Å². The number of carboxylic acids is 1. The summed E-state index contributed by atoms with van der Waals surface area (Å²) in [6.45, 7) is -0.675. The summed E-state index contributed by atoms with van der Waals surface area (Å²) in [4.78, 5) is 34.5. The van der Waals surface area contributed by atoms with Crippen LogP contribution < -0.4 is 0 Å². The van der Waals surface area contributed by atoms with Crippen molar-refractivity contribution < 1.29 is 23.9 Å². The number of imide groups is 1. The van der Waals surface area contributed by atoms with E-state index in [9.17, 15) is 18.8 Å². The quantitative estimate of drug-likeness (QED) is 0.857. The third-order valence-electron chi connectivity index (χ3n) is 2.31. The lowest BCUT2D eigenvalue weighted by Crippen LogP contribution is -2.33. The molecule has 1 aliphatic rings. The summed E-state index contributed by atoms with van der Waals surface area (Å²) in [5.41, 5.74) is 0.431. The molecule has 1 aromatic rings. The van der Waals surface area contributed by atoms with Gasteiger partial charge in [-0.2, -0.15) is 0 Å². The Hall–Kier alpha value is -2.15. The average Bonchev–Trinajstić information content (AvgIpc) is 2.57. The lowest BCUT2D eigenvalue weighted by molar-refractivity contribution is -0.140. The van der Waals surface area contributed by atoms with Gasteiger partial charge >= 0.3 is 5.97 Å². The molecule has 1 N–H and O–H groups in total. The first-order valence-electron chi connectivity index (χ1n) is 5.20. The molecule has 0 aromatic heterocycles. The first-order chi connectivity index (χ1) is 8.97. The monoisotopic (exact) mass is 281 g/mol. The fourth-order valence-corrected chi connectivity index (χ4v) is 2.36. The third-order valence-corrected chi connectivity index (χ3v) is 3.22. The number of thioether (sulfide) groups is 1. The molecular formula is C12H8FNO4S. The number of nitrogens with zero attached hydrogens (tertiary/aromatic N) is 1. The van der Waals surface area contributed by atoms with E-state index < -0.39 is 29.5 Å². The molecule has 1 saturated heterocycles. The number of carbonyl (C=O) groups excluding carboxylic acids is 2. The van der Waals surface area contributed by atoms with E-state index in [1.54, 1.807) is 6.07 Å². The van der Waals surface area contributed by atoms with E-state index in [0.717, 1.165) is 0 Å². The van der Waals surface area contributed by atoms with Crippen LogP contribution in [0.2, 0.25) is 0 Å². The summed E-state index contributed by atoms with van der Waals surface area (Å²) < 4.78 is 13.0. The summed E-state index contributed by atoms with van der Waals surface area (Å²) in [5, 5.41) is 7.95. The van der Waals surface area contributed by atoms with Gasteiger partial charge in [-0.3, -0.25) is 19.3 Å². The van der Waals surface area contributed by atoms with Crippen molar-refractivity contribution in [2.45, 2.75) is 0 Å². The second-order valence-electron chi connectivity index (χ2n) is 3.72. The van der Waals surface area contributed by atoms with Crippen LogP contribution in [0.5, 0.6) is 0 Å². The SMILES string of the molecule is O=C(O)CN1C(=O)S/C(=C/c2cccc(F)c2)C1=O. The van der Waals surface area contributed by atoms with Gasteiger partial charge in [-0.15, -0.1) is 0 Å². The summed E-state index contributed by atoms with van der Waals surface area (Å²) in [6, 6.07) is 5.52. The molecule has 1 aromatic carbocycles. The minimum Gasteiger partial charge on any atom is -0.480 e. The van der Waals surface area contributed by atoms with E-state index in [1.165, 1.54) is 24.3 Å². The predicted molar refractivity (Wildman–Crippen MR) is 66.7 cm³/mol. The van der Waals surface area contributed by atoms with Gasteiger partial charge in [-0.25, -0.2) is 4.39 Å². The van der Waals surface area contributed by atoms with Crippen molar-refractivity contribution in [3.05, 3.63) is 40.6 Å². The molecule has 2 amide bonds. The molecule has 0 atom stereocenters. The highest BCUT2D eigenvalue weighted by atomic mass is 32.2. The number of benzene rings is 1. The molecule has 5 nitrogen and oxygen atoms in total. The molecule has 1 aliphatic heterocycles. The zero-order valence-corrected chi connectivity index (χ0v) is 10.3. The molecule has 0 bridgehead atoms. The van der Waals surface area contributed by atoms with Gasteiger partial charge in [0.1, 0.15) is 12.4 Å². The molecule has 0 saturated carbocycles. The maximum atomic E-state index is 13.0. The smallest absolute Gasteiger partial charge is 0.323 e. The van der Waals surface area contributed by atoms with Gasteiger partial charge < -0.3 is 5.11 Å². The van der Waals surface area contributed by atoms with Gasteiger partial charge in [0.2, 0.25) is 0 Å². The van der Waals surface area contributed by atoms with Crippen molar-refractivity contribution in [1.82, 2.24) is 4.90 Å². The van der Waals surface area contributed by atoms with Crippen LogP contribution in [0.4, 0.5) is 9.18 Å². The maximum absolute atomic E-state index is 13.0. The third kappa shape index (κ3) is 3.00. The lowest BCUT2D eigenvalue weighted by atomic mass is 10.2. The number of hydrogen-bond acceptors (Lipinski definition) is 4. The van der Waals surface area contributed by atoms with E-state index in [2.05, 4.69) is 0 Å². The van der Waals surface area contributed by atoms with Gasteiger partial charge in [-0.1, -0.05) is 12.1 Å². The highest BCUT2D eigenvalue weighted by molar-refractivity contribution is 8.18. The van der Waals surface area contributed by atoms with E-state index in [4.69, 9.17) is 5.11 Å². The van der Waals surface area contributed by atoms with Gasteiger partial charge in [0.05, 0.1) is 4.91 Å². The number of halogens is 1. The Bertz CT molecular complexity index is 599. The van der Waals surface area contributed by atoms with Crippen LogP contribution >= 0.6 is 11.8 Å². The zero-order chi connectivity index (χ0) is 14.0. The molecule has 19 heavy (non-hydrogen) atoms. The fourth-order valence-electron chi connectivity index (χ4n) is 1.52. The Labute approximate surface area is 111 Å². The Kier molecular flexibility index (Phi) is 3.66. The van der Waals surface area contributed by atoms with Crippen molar-refractivity contribution in [2.75, 3.05) is 6.54 Å². The number of carboxylic acid groups (broad SMARTS) is 1. The molecular weight excluding hydrogens is 273 g/mol. The number of carbonyl (C=O) groups is 3. The lowest BCUT2D eigenvalue weighted by Gasteiger charge is -2.07. The molecule has 0 spiro atoms. The van der Waals surface area contributed by atoms with Gasteiger partial charge in [0.15, 0.2) is 0 Å². The summed E-state index contributed by atoms with van der Waals surface area (Å²) in [5.74, 6) is -2.41. The highest BCUT2D eigenvalue weighted by Gasteiger charge is 2.36. The Morgan fingerprint density at radius 2 is 2.16 bits per heavy atom. The average molecular weight is 281 g/mol. The Morgan fingerprint density at radius 1 is 1.42 bits per heavy atom. The van der Waals surface area contributed by atoms with Crippen molar-refractivity contribution in [3.63, 3.8) is 0 Å². The number of rotatable bonds is 3. The van der Waals surface area contributed by atoms with E-state index in [-0.39, 0.29) is 4.91 Å². The Balaban J connectivity index is 2.25. The maximum Gasteiger partial charge on any atom is 0.323 e. The molecule has 0 radical (unpaired) electrons. The van der Waals surface area contributed by atoms with Crippen LogP contribution in [0.15, 0.2) is 29.2 Å². The van der Waals surface area contributed by atoms with Crippen molar-refractivity contribution >= 4 is 35.0 Å². The van der Waals surface area contributed by atoms with Gasteiger partial charge in [-0.05, 0) is 35.5 Å². The topological polar surface area (TPSA) is 74.7 Å². The second kappa shape index (κ2) is 5.23. The highest BCUT2D eigenvalue weighted by Crippen LogP contribution is 2.31. The molecule has 98 valence electrons. The minimum atomic E-state index is -1.27. The molecule has 1 heterocycles. The number of aliphatic carboxylic acids is 1. The van der Waals surface area contributed by atoms with Crippen LogP contribution in [0.1, 0.15) is 5.56 Å². The standard InChI is InChI=1S/C12H8FNO4S/c13-8-3-1-2-7(4-8)5-9-11(17)14(6-10(15)16)12(18)19-9/h1-5H,6H2,(H,15,16)/b9-5+. The van der Waals surface area contributed by atoms with Gasteiger partial charge in [0, 0.05) is 0 Å². The molecule has 1 fully saturated rings. The minimum absolute atomic E-state index is 0.0804. The van der Waals surface area contributed by atoms with Crippen LogP contribution in [-0.2, 0) is 9.59 Å². The Morgan fingerprint density at radius 3 is 2.79 bits per heavy atom. The van der Waals surface area contributed by atoms with Crippen LogP contribution in [0.25, 0.3) is 6.08 Å². The van der Waals surface area contributed by atoms with Crippen LogP contribution in [0.3, 0.4) is 0 Å². The fraction of sp³-hybridized carbons (Fsp3) is 0.0833. The first-order valence-corrected chi connectivity index (χ1v) is 6.02. The van der Waals surface area contributed by atoms with Gasteiger partial charge in [0.25, 0.3) is 11.1 Å². The predicted octanol–water partition coefficient (Wildman–Crippen LogP) is 1.95. The number of amides is 2. The van der Waals surface area contributed by atoms with E-state index >= 15 is 0 Å². The van der Waals surface area contributed by atoms with E-state index in [1.807, 2.05) is 0 Å². The van der Waals surface area contributed by atoms with Crippen molar-refractivity contribution in [3.8, 4) is 0 Å². The normalized spacial score (nSPS) is 17.3. The largest absolute Gasteiger partial charge is 0.480 e. The zero-order valence-electron chi connectivity index (χ0n) is 9.50. The van der Waals surface area contributed by atoms with E-state index in [0.29, 0.717) is 22.2 Å². The van der Waals surface area contributed by atoms with Crippen LogP contribution in [-0.4, -0.2) is 33.7 Å². The van der Waals surface area contributed by atoms with Crippen molar-refractivity contribution in [1.29, 1.82) is 0 Å². The van der Waals surface area contributed by atoms with Crippen molar-refractivity contribution in [2.24, 2.45) is 0 Å². The molecule has 2 rings (SSSR count).